The number of nitrogens with one attached hydrogen (secondary N) is 1. The summed E-state index contributed by atoms with van der Waals surface area (Å²) < 4.78 is 0. The van der Waals surface area contributed by atoms with Gasteiger partial charge in [-0.1, -0.05) is 37.1 Å². The zero-order chi connectivity index (χ0) is 14.7. The molecule has 4 nitrogen and oxygen atoms in total. The fourth-order valence-corrected chi connectivity index (χ4v) is 2.93. The molecule has 2 heterocycles. The minimum atomic E-state index is 0.0548. The number of hydrogen-bond acceptors (Lipinski definition) is 3. The largest absolute Gasteiger partial charge is 0.373 e. The minimum Gasteiger partial charge on any atom is -0.373 e. The van der Waals surface area contributed by atoms with Gasteiger partial charge in [0.15, 0.2) is 0 Å². The molecule has 0 radical (unpaired) electrons. The van der Waals surface area contributed by atoms with E-state index in [1.807, 2.05) is 42.3 Å². The Labute approximate surface area is 125 Å². The second kappa shape index (κ2) is 6.12. The summed E-state index contributed by atoms with van der Waals surface area (Å²) >= 11 is 0. The van der Waals surface area contributed by atoms with E-state index in [0.717, 1.165) is 42.5 Å². The molecule has 21 heavy (non-hydrogen) atoms. The zero-order valence-electron chi connectivity index (χ0n) is 12.4. The number of aromatic nitrogens is 1. The van der Waals surface area contributed by atoms with Crippen LogP contribution in [0.5, 0.6) is 0 Å². The van der Waals surface area contributed by atoms with Crippen LogP contribution < -0.4 is 5.32 Å². The van der Waals surface area contributed by atoms with Crippen molar-refractivity contribution in [1.29, 1.82) is 0 Å². The smallest absolute Gasteiger partial charge is 0.272 e. The number of nitrogens with zero attached hydrogens (tertiary/aromatic N) is 2. The topological polar surface area (TPSA) is 45.2 Å². The Morgan fingerprint density at radius 3 is 2.57 bits per heavy atom. The Morgan fingerprint density at radius 2 is 1.86 bits per heavy atom. The molecule has 0 aliphatic carbocycles. The fourth-order valence-electron chi connectivity index (χ4n) is 2.93. The third kappa shape index (κ3) is 2.84. The minimum absolute atomic E-state index is 0.0548. The second-order valence-electron chi connectivity index (χ2n) is 5.53. The average Bonchev–Trinajstić information content (AvgIpc) is 2.82. The molecule has 4 heteroatoms. The lowest BCUT2D eigenvalue weighted by Gasteiger charge is -2.20. The summed E-state index contributed by atoms with van der Waals surface area (Å²) in [4.78, 5) is 19.2. The maximum absolute atomic E-state index is 12.7. The summed E-state index contributed by atoms with van der Waals surface area (Å²) in [7, 11) is 1.84. The van der Waals surface area contributed by atoms with Crippen molar-refractivity contribution in [3.63, 3.8) is 0 Å². The van der Waals surface area contributed by atoms with Gasteiger partial charge in [0.25, 0.3) is 5.91 Å². The molecule has 0 bridgehead atoms. The third-order valence-electron chi connectivity index (χ3n) is 4.09. The molecule has 2 aromatic rings. The van der Waals surface area contributed by atoms with Gasteiger partial charge >= 0.3 is 0 Å². The quantitative estimate of drug-likeness (QED) is 0.920. The molecule has 1 aliphatic heterocycles. The number of fused-ring (bicyclic) bond motifs is 1. The van der Waals surface area contributed by atoms with Crippen molar-refractivity contribution in [1.82, 2.24) is 9.88 Å². The highest BCUT2D eigenvalue weighted by Crippen LogP contribution is 2.23. The number of carbonyl (C=O) groups excluding carboxylic acids is 1. The molecule has 1 aliphatic rings. The number of likely N-dealkylation sites (tertiary alicyclic amines) is 1. The van der Waals surface area contributed by atoms with E-state index < -0.39 is 0 Å². The van der Waals surface area contributed by atoms with Gasteiger partial charge in [0.05, 0.1) is 0 Å². The number of rotatable bonds is 2. The first-order valence-electron chi connectivity index (χ1n) is 7.66. The van der Waals surface area contributed by atoms with E-state index in [2.05, 4.69) is 10.3 Å². The Morgan fingerprint density at radius 1 is 1.14 bits per heavy atom. The van der Waals surface area contributed by atoms with Gasteiger partial charge in [0.1, 0.15) is 11.5 Å². The molecule has 1 aromatic heterocycles. The van der Waals surface area contributed by atoms with Gasteiger partial charge in [-0.25, -0.2) is 4.98 Å². The number of amides is 1. The molecule has 1 saturated heterocycles. The van der Waals surface area contributed by atoms with Crippen molar-refractivity contribution in [3.05, 3.63) is 36.0 Å². The molecule has 1 N–H and O–H groups in total. The SMILES string of the molecule is CNc1nc(C(=O)N2CCCCCC2)cc2ccccc12. The first kappa shape index (κ1) is 13.9. The molecular formula is C17H21N3O. The summed E-state index contributed by atoms with van der Waals surface area (Å²) in [6.45, 7) is 1.70. The maximum Gasteiger partial charge on any atom is 0.272 e. The van der Waals surface area contributed by atoms with Crippen molar-refractivity contribution >= 4 is 22.5 Å². The van der Waals surface area contributed by atoms with Crippen LogP contribution in [0, 0.1) is 0 Å². The second-order valence-corrected chi connectivity index (χ2v) is 5.53. The van der Waals surface area contributed by atoms with E-state index in [0.29, 0.717) is 5.69 Å². The van der Waals surface area contributed by atoms with Crippen LogP contribution in [-0.4, -0.2) is 35.9 Å². The number of pyridine rings is 1. The van der Waals surface area contributed by atoms with Crippen LogP contribution in [-0.2, 0) is 0 Å². The summed E-state index contributed by atoms with van der Waals surface area (Å²) in [6, 6.07) is 9.93. The molecule has 1 aromatic carbocycles. The van der Waals surface area contributed by atoms with Crippen LogP contribution in [0.25, 0.3) is 10.8 Å². The van der Waals surface area contributed by atoms with Crippen LogP contribution in [0.2, 0.25) is 0 Å². The van der Waals surface area contributed by atoms with E-state index in [1.54, 1.807) is 0 Å². The normalized spacial score (nSPS) is 15.8. The predicted molar refractivity (Wildman–Crippen MR) is 85.7 cm³/mol. The van der Waals surface area contributed by atoms with Crippen molar-refractivity contribution in [2.75, 3.05) is 25.5 Å². The van der Waals surface area contributed by atoms with Gasteiger partial charge in [-0.15, -0.1) is 0 Å². The molecule has 110 valence electrons. The third-order valence-corrected chi connectivity index (χ3v) is 4.09. The highest BCUT2D eigenvalue weighted by Gasteiger charge is 2.19. The van der Waals surface area contributed by atoms with E-state index in [1.165, 1.54) is 12.8 Å². The number of carbonyl (C=O) groups is 1. The Balaban J connectivity index is 1.97. The van der Waals surface area contributed by atoms with Gasteiger partial charge in [0, 0.05) is 25.5 Å². The number of benzene rings is 1. The van der Waals surface area contributed by atoms with E-state index in [4.69, 9.17) is 0 Å². The Hall–Kier alpha value is -2.10. The summed E-state index contributed by atoms with van der Waals surface area (Å²) in [5, 5.41) is 5.20. The lowest BCUT2D eigenvalue weighted by atomic mass is 10.1. The number of hydrogen-bond donors (Lipinski definition) is 1. The predicted octanol–water partition coefficient (Wildman–Crippen LogP) is 3.29. The van der Waals surface area contributed by atoms with Crippen molar-refractivity contribution < 1.29 is 4.79 Å². The summed E-state index contributed by atoms with van der Waals surface area (Å²) in [5.41, 5.74) is 0.542. The van der Waals surface area contributed by atoms with Gasteiger partial charge in [-0.3, -0.25) is 4.79 Å². The average molecular weight is 283 g/mol. The monoisotopic (exact) mass is 283 g/mol. The summed E-state index contributed by atoms with van der Waals surface area (Å²) in [5.74, 6) is 0.824. The highest BCUT2D eigenvalue weighted by molar-refractivity contribution is 6.00. The van der Waals surface area contributed by atoms with Crippen LogP contribution >= 0.6 is 0 Å². The molecule has 0 unspecified atom stereocenters. The molecule has 1 amide bonds. The molecule has 1 fully saturated rings. The summed E-state index contributed by atoms with van der Waals surface area (Å²) in [6.07, 6.45) is 4.63. The molecular weight excluding hydrogens is 262 g/mol. The van der Waals surface area contributed by atoms with Gasteiger partial charge < -0.3 is 10.2 Å². The Kier molecular flexibility index (Phi) is 4.04. The molecule has 0 spiro atoms. The van der Waals surface area contributed by atoms with E-state index in [-0.39, 0.29) is 5.91 Å². The maximum atomic E-state index is 12.7. The fraction of sp³-hybridized carbons (Fsp3) is 0.412. The van der Waals surface area contributed by atoms with Crippen LogP contribution in [0.1, 0.15) is 36.2 Å². The first-order valence-corrected chi connectivity index (χ1v) is 7.66. The number of anilines is 1. The Bertz CT molecular complexity index is 646. The van der Waals surface area contributed by atoms with Gasteiger partial charge in [-0.2, -0.15) is 0 Å². The molecule has 3 rings (SSSR count). The molecule has 0 atom stereocenters. The standard InChI is InChI=1S/C17H21N3O/c1-18-16-14-9-5-4-8-13(14)12-15(19-16)17(21)20-10-6-2-3-7-11-20/h4-5,8-9,12H,2-3,6-7,10-11H2,1H3,(H,18,19). The van der Waals surface area contributed by atoms with E-state index >= 15 is 0 Å². The van der Waals surface area contributed by atoms with Crippen LogP contribution in [0.3, 0.4) is 0 Å². The highest BCUT2D eigenvalue weighted by atomic mass is 16.2. The van der Waals surface area contributed by atoms with Crippen LogP contribution in [0.15, 0.2) is 30.3 Å². The van der Waals surface area contributed by atoms with Gasteiger partial charge in [-0.05, 0) is 24.3 Å². The lowest BCUT2D eigenvalue weighted by Crippen LogP contribution is -2.32. The van der Waals surface area contributed by atoms with Crippen LogP contribution in [0.4, 0.5) is 5.82 Å². The van der Waals surface area contributed by atoms with E-state index in [9.17, 15) is 4.79 Å². The molecule has 0 saturated carbocycles. The zero-order valence-corrected chi connectivity index (χ0v) is 12.4. The lowest BCUT2D eigenvalue weighted by molar-refractivity contribution is 0.0756. The van der Waals surface area contributed by atoms with Crippen molar-refractivity contribution in [2.45, 2.75) is 25.7 Å². The van der Waals surface area contributed by atoms with Crippen molar-refractivity contribution in [2.24, 2.45) is 0 Å². The first-order chi connectivity index (χ1) is 10.3. The van der Waals surface area contributed by atoms with Crippen molar-refractivity contribution in [3.8, 4) is 0 Å². The van der Waals surface area contributed by atoms with Gasteiger partial charge in [0.2, 0.25) is 0 Å².